The van der Waals surface area contributed by atoms with E-state index in [1.807, 2.05) is 72.8 Å². The monoisotopic (exact) mass is 450 g/mol. The van der Waals surface area contributed by atoms with Gasteiger partial charge in [0.25, 0.3) is 0 Å². The van der Waals surface area contributed by atoms with Gasteiger partial charge in [0.1, 0.15) is 5.75 Å². The van der Waals surface area contributed by atoms with E-state index in [9.17, 15) is 5.11 Å². The Morgan fingerprint density at radius 2 is 1.77 bits per heavy atom. The fraction of sp³-hybridized carbons (Fsp3) is 0.0870. The summed E-state index contributed by atoms with van der Waals surface area (Å²) in [5.41, 5.74) is 2.72. The molecule has 0 saturated carbocycles. The first-order chi connectivity index (χ1) is 15.1. The predicted octanol–water partition coefficient (Wildman–Crippen LogP) is 6.54. The van der Waals surface area contributed by atoms with Crippen LogP contribution in [0.4, 0.5) is 11.4 Å². The highest BCUT2D eigenvalue weighted by Gasteiger charge is 2.17. The van der Waals surface area contributed by atoms with Gasteiger partial charge in [-0.1, -0.05) is 60.1 Å². The van der Waals surface area contributed by atoms with Gasteiger partial charge in [0, 0.05) is 10.4 Å². The van der Waals surface area contributed by atoms with E-state index in [1.54, 1.807) is 11.7 Å². The number of para-hydroxylation sites is 3. The molecule has 8 heteroatoms. The van der Waals surface area contributed by atoms with Crippen LogP contribution >= 0.6 is 23.8 Å². The predicted molar refractivity (Wildman–Crippen MR) is 128 cm³/mol. The van der Waals surface area contributed by atoms with E-state index in [0.29, 0.717) is 28.7 Å². The standard InChI is InChI=1S/C23H19ClN4O2S/c1-30-20-13-7-5-11-18(20)25-23(31)27-26-21-16-9-3-6-12-19(16)28(22(21)29)14-15-8-2-4-10-17(15)24/h2-13,29H,14H2,1H3,(H,25,31). The van der Waals surface area contributed by atoms with Crippen molar-refractivity contribution in [3.8, 4) is 11.6 Å². The lowest BCUT2D eigenvalue weighted by molar-refractivity contribution is 0.417. The van der Waals surface area contributed by atoms with Crippen LogP contribution in [0.1, 0.15) is 5.56 Å². The zero-order valence-electron chi connectivity index (χ0n) is 16.6. The molecular weight excluding hydrogens is 432 g/mol. The lowest BCUT2D eigenvalue weighted by Gasteiger charge is -2.09. The normalized spacial score (nSPS) is 11.2. The molecule has 0 radical (unpaired) electrons. The van der Waals surface area contributed by atoms with Crippen LogP contribution in [0.2, 0.25) is 5.02 Å². The van der Waals surface area contributed by atoms with Crippen molar-refractivity contribution >= 4 is 51.2 Å². The average molecular weight is 451 g/mol. The van der Waals surface area contributed by atoms with Crippen LogP contribution in [0.25, 0.3) is 10.9 Å². The van der Waals surface area contributed by atoms with Gasteiger partial charge in [-0.05, 0) is 42.0 Å². The number of methoxy groups -OCH3 is 1. The fourth-order valence-electron chi connectivity index (χ4n) is 3.31. The number of anilines is 1. The maximum absolute atomic E-state index is 10.9. The maximum atomic E-state index is 10.9. The number of ether oxygens (including phenoxy) is 1. The first kappa shape index (κ1) is 20.8. The Balaban J connectivity index is 1.66. The number of hydrogen-bond donors (Lipinski definition) is 2. The number of aromatic nitrogens is 1. The summed E-state index contributed by atoms with van der Waals surface area (Å²) in [5.74, 6) is 0.629. The first-order valence-corrected chi connectivity index (χ1v) is 10.3. The second kappa shape index (κ2) is 9.16. The fourth-order valence-corrected chi connectivity index (χ4v) is 3.66. The molecule has 0 aliphatic heterocycles. The molecule has 0 aliphatic carbocycles. The van der Waals surface area contributed by atoms with Crippen molar-refractivity contribution in [1.29, 1.82) is 0 Å². The van der Waals surface area contributed by atoms with Crippen molar-refractivity contribution in [1.82, 2.24) is 4.57 Å². The average Bonchev–Trinajstić information content (AvgIpc) is 3.05. The Morgan fingerprint density at radius 1 is 1.06 bits per heavy atom. The molecule has 4 rings (SSSR count). The minimum atomic E-state index is -0.00930. The number of fused-ring (bicyclic) bond motifs is 1. The highest BCUT2D eigenvalue weighted by atomic mass is 35.5. The Kier molecular flexibility index (Phi) is 6.16. The van der Waals surface area contributed by atoms with E-state index >= 15 is 0 Å². The molecule has 156 valence electrons. The number of azo groups is 1. The molecule has 1 aromatic heterocycles. The number of benzene rings is 3. The van der Waals surface area contributed by atoms with Crippen LogP contribution in [-0.2, 0) is 6.54 Å². The lowest BCUT2D eigenvalue weighted by Crippen LogP contribution is -2.06. The quantitative estimate of drug-likeness (QED) is 0.267. The van der Waals surface area contributed by atoms with Crippen LogP contribution in [0.5, 0.6) is 11.6 Å². The summed E-state index contributed by atoms with van der Waals surface area (Å²) in [4.78, 5) is 0. The molecule has 0 unspecified atom stereocenters. The van der Waals surface area contributed by atoms with Crippen molar-refractivity contribution in [3.05, 3.63) is 83.4 Å². The number of halogens is 1. The molecule has 0 bridgehead atoms. The van der Waals surface area contributed by atoms with Gasteiger partial charge in [-0.3, -0.25) is 0 Å². The van der Waals surface area contributed by atoms with Gasteiger partial charge in [0.15, 0.2) is 5.69 Å². The second-order valence-corrected chi connectivity index (χ2v) is 7.49. The van der Waals surface area contributed by atoms with E-state index in [1.165, 1.54) is 0 Å². The van der Waals surface area contributed by atoms with E-state index in [0.717, 1.165) is 16.5 Å². The zero-order chi connectivity index (χ0) is 21.8. The van der Waals surface area contributed by atoms with Crippen LogP contribution in [0.3, 0.4) is 0 Å². The smallest absolute Gasteiger partial charge is 0.221 e. The van der Waals surface area contributed by atoms with Gasteiger partial charge < -0.3 is 19.7 Å². The molecule has 6 nitrogen and oxygen atoms in total. The van der Waals surface area contributed by atoms with Crippen LogP contribution in [-0.4, -0.2) is 21.9 Å². The van der Waals surface area contributed by atoms with Crippen molar-refractivity contribution < 1.29 is 9.84 Å². The van der Waals surface area contributed by atoms with E-state index in [4.69, 9.17) is 28.6 Å². The van der Waals surface area contributed by atoms with Gasteiger partial charge in [-0.25, -0.2) is 0 Å². The molecular formula is C23H19ClN4O2S. The van der Waals surface area contributed by atoms with E-state index in [2.05, 4.69) is 15.5 Å². The van der Waals surface area contributed by atoms with Crippen LogP contribution in [0.15, 0.2) is 83.0 Å². The molecule has 2 N–H and O–H groups in total. The summed E-state index contributed by atoms with van der Waals surface area (Å²) < 4.78 is 7.06. The first-order valence-electron chi connectivity index (χ1n) is 9.48. The Morgan fingerprint density at radius 3 is 2.58 bits per heavy atom. The number of nitrogens with zero attached hydrogens (tertiary/aromatic N) is 3. The Bertz CT molecular complexity index is 1290. The highest BCUT2D eigenvalue weighted by Crippen LogP contribution is 2.39. The van der Waals surface area contributed by atoms with Gasteiger partial charge >= 0.3 is 0 Å². The van der Waals surface area contributed by atoms with Crippen molar-refractivity contribution in [2.24, 2.45) is 10.2 Å². The summed E-state index contributed by atoms with van der Waals surface area (Å²) in [6.45, 7) is 0.394. The lowest BCUT2D eigenvalue weighted by atomic mass is 10.2. The van der Waals surface area contributed by atoms with Crippen LogP contribution in [0, 0.1) is 0 Å². The number of rotatable bonds is 5. The molecule has 0 fully saturated rings. The summed E-state index contributed by atoms with van der Waals surface area (Å²) in [6, 6.07) is 22.5. The number of nitrogens with one attached hydrogen (secondary N) is 1. The van der Waals surface area contributed by atoms with Gasteiger partial charge in [-0.2, -0.15) is 0 Å². The maximum Gasteiger partial charge on any atom is 0.221 e. The molecule has 0 atom stereocenters. The highest BCUT2D eigenvalue weighted by molar-refractivity contribution is 7.80. The SMILES string of the molecule is COc1ccccc1NC(=S)N=Nc1c(O)n(Cc2ccccc2Cl)c2ccccc12. The minimum Gasteiger partial charge on any atom is -0.495 e. The third-order valence-electron chi connectivity index (χ3n) is 4.79. The molecule has 3 aromatic carbocycles. The van der Waals surface area contributed by atoms with Crippen molar-refractivity contribution in [2.45, 2.75) is 6.54 Å². The van der Waals surface area contributed by atoms with Crippen molar-refractivity contribution in [3.63, 3.8) is 0 Å². The molecule has 4 aromatic rings. The topological polar surface area (TPSA) is 71.1 Å². The van der Waals surface area contributed by atoms with E-state index < -0.39 is 0 Å². The molecule has 31 heavy (non-hydrogen) atoms. The molecule has 0 spiro atoms. The zero-order valence-corrected chi connectivity index (χ0v) is 18.2. The Labute approximate surface area is 189 Å². The number of thiocarbonyl (C=S) groups is 1. The van der Waals surface area contributed by atoms with Gasteiger partial charge in [-0.15, -0.1) is 10.2 Å². The van der Waals surface area contributed by atoms with Crippen molar-refractivity contribution in [2.75, 3.05) is 12.4 Å². The largest absolute Gasteiger partial charge is 0.495 e. The second-order valence-electron chi connectivity index (χ2n) is 6.70. The summed E-state index contributed by atoms with van der Waals surface area (Å²) in [7, 11) is 1.58. The van der Waals surface area contributed by atoms with Crippen LogP contribution < -0.4 is 10.1 Å². The Hall–Kier alpha value is -3.42. The van der Waals surface area contributed by atoms with Gasteiger partial charge in [0.2, 0.25) is 11.0 Å². The van der Waals surface area contributed by atoms with E-state index in [-0.39, 0.29) is 11.0 Å². The molecule has 0 saturated heterocycles. The third-order valence-corrected chi connectivity index (χ3v) is 5.35. The molecule has 0 aliphatic rings. The molecule has 1 heterocycles. The number of hydrogen-bond acceptors (Lipinski definition) is 4. The third kappa shape index (κ3) is 4.38. The summed E-state index contributed by atoms with van der Waals surface area (Å²) in [5, 5.41) is 23.8. The minimum absolute atomic E-state index is 0.00930. The molecule has 0 amide bonds. The number of aromatic hydroxyl groups is 1. The summed E-state index contributed by atoms with van der Waals surface area (Å²) >= 11 is 11.6. The van der Waals surface area contributed by atoms with Gasteiger partial charge in [0.05, 0.1) is 24.9 Å². The summed E-state index contributed by atoms with van der Waals surface area (Å²) in [6.07, 6.45) is 0.